The van der Waals surface area contributed by atoms with Gasteiger partial charge in [0.05, 0.1) is 0 Å². The van der Waals surface area contributed by atoms with Crippen LogP contribution in [0, 0.1) is 23.7 Å². The highest BCUT2D eigenvalue weighted by Crippen LogP contribution is 2.29. The van der Waals surface area contributed by atoms with Crippen LogP contribution in [-0.4, -0.2) is 0 Å². The molecule has 0 radical (unpaired) electrons. The zero-order valence-corrected chi connectivity index (χ0v) is 10.8. The SMILES string of the molecule is [2H]CC1CCCCC(C[2H])C(C[2H])CCCCC1C[2H]. The Hall–Kier alpha value is 0. The summed E-state index contributed by atoms with van der Waals surface area (Å²) in [5.74, 6) is 1.64. The predicted octanol–water partition coefficient (Wildman–Crippen LogP) is 5.67. The molecule has 1 rings (SSSR count). The molecule has 0 spiro atoms. The fourth-order valence-corrected chi connectivity index (χ4v) is 2.57. The molecule has 0 aromatic carbocycles. The monoisotopic (exact) mass is 228 g/mol. The fraction of sp³-hybridized carbons (Fsp3) is 1.00. The van der Waals surface area contributed by atoms with E-state index in [9.17, 15) is 0 Å². The van der Waals surface area contributed by atoms with Gasteiger partial charge >= 0.3 is 0 Å². The standard InChI is InChI=1S/C16H32/c1-13-9-5-6-11-15(3)16(4)12-8-7-10-14(13)2/h13-16H,5-12H2,1-4H3/i1D,2D,3D,4D. The number of hydrogen-bond donors (Lipinski definition) is 0. The molecule has 16 heavy (non-hydrogen) atoms. The van der Waals surface area contributed by atoms with E-state index in [1.54, 1.807) is 0 Å². The Morgan fingerprint density at radius 3 is 1.00 bits per heavy atom. The summed E-state index contributed by atoms with van der Waals surface area (Å²) in [4.78, 5) is 0. The first-order chi connectivity index (χ1) is 9.76. The molecule has 4 unspecified atom stereocenters. The van der Waals surface area contributed by atoms with Gasteiger partial charge in [0, 0.05) is 5.48 Å². The van der Waals surface area contributed by atoms with E-state index in [1.807, 2.05) is 0 Å². The maximum atomic E-state index is 7.72. The van der Waals surface area contributed by atoms with Crippen LogP contribution in [0.5, 0.6) is 0 Å². The van der Waals surface area contributed by atoms with Gasteiger partial charge in [-0.3, -0.25) is 0 Å². The topological polar surface area (TPSA) is 0 Å². The van der Waals surface area contributed by atoms with Crippen molar-refractivity contribution in [1.82, 2.24) is 0 Å². The molecule has 4 atom stereocenters. The summed E-state index contributed by atoms with van der Waals surface area (Å²) in [6.07, 6.45) is 8.91. The largest absolute Gasteiger partial charge is 0.0623 e. The van der Waals surface area contributed by atoms with Gasteiger partial charge < -0.3 is 0 Å². The second-order valence-corrected chi connectivity index (χ2v) is 5.61. The highest BCUT2D eigenvalue weighted by Gasteiger charge is 2.16. The lowest BCUT2D eigenvalue weighted by molar-refractivity contribution is 0.277. The Bertz CT molecular complexity index is 187. The van der Waals surface area contributed by atoms with Crippen molar-refractivity contribution in [3.63, 3.8) is 0 Å². The molecule has 0 saturated heterocycles. The van der Waals surface area contributed by atoms with E-state index >= 15 is 0 Å². The molecule has 0 heteroatoms. The molecule has 1 aliphatic carbocycles. The Morgan fingerprint density at radius 2 is 0.812 bits per heavy atom. The van der Waals surface area contributed by atoms with Crippen LogP contribution in [0.4, 0.5) is 0 Å². The second-order valence-electron chi connectivity index (χ2n) is 5.61. The number of hydrogen-bond acceptors (Lipinski definition) is 0. The van der Waals surface area contributed by atoms with Crippen LogP contribution >= 0.6 is 0 Å². The molecule has 0 amide bonds. The van der Waals surface area contributed by atoms with E-state index in [2.05, 4.69) is 0 Å². The van der Waals surface area contributed by atoms with Crippen LogP contribution in [0.25, 0.3) is 0 Å². The summed E-state index contributed by atoms with van der Waals surface area (Å²) in [7, 11) is 0. The summed E-state index contributed by atoms with van der Waals surface area (Å²) in [5, 5.41) is 0. The van der Waals surface area contributed by atoms with E-state index in [0.717, 1.165) is 51.4 Å². The lowest BCUT2D eigenvalue weighted by Crippen LogP contribution is -2.12. The first kappa shape index (κ1) is 9.00. The van der Waals surface area contributed by atoms with Crippen molar-refractivity contribution >= 4 is 0 Å². The molecule has 0 N–H and O–H groups in total. The van der Waals surface area contributed by atoms with Crippen LogP contribution in [0.15, 0.2) is 0 Å². The molecular weight excluding hydrogens is 192 g/mol. The first-order valence-electron chi connectivity index (χ1n) is 9.76. The third kappa shape index (κ3) is 4.89. The van der Waals surface area contributed by atoms with Crippen molar-refractivity contribution in [3.8, 4) is 0 Å². The Kier molecular flexibility index (Phi) is 4.13. The first-order valence-corrected chi connectivity index (χ1v) is 6.93. The third-order valence-corrected chi connectivity index (χ3v) is 4.13. The molecule has 1 aliphatic rings. The Morgan fingerprint density at radius 1 is 0.562 bits per heavy atom. The molecule has 0 aromatic heterocycles. The van der Waals surface area contributed by atoms with Gasteiger partial charge in [-0.1, -0.05) is 79.0 Å². The van der Waals surface area contributed by atoms with Crippen molar-refractivity contribution in [1.29, 1.82) is 0 Å². The highest BCUT2D eigenvalue weighted by molar-refractivity contribution is 4.68. The van der Waals surface area contributed by atoms with Crippen molar-refractivity contribution in [2.45, 2.75) is 79.0 Å². The molecular formula is C16H32. The lowest BCUT2D eigenvalue weighted by Gasteiger charge is -2.24. The summed E-state index contributed by atoms with van der Waals surface area (Å²) >= 11 is 0. The maximum Gasteiger partial charge on any atom is 0.0233 e. The normalized spacial score (nSPS) is 43.0. The van der Waals surface area contributed by atoms with E-state index < -0.39 is 0 Å². The van der Waals surface area contributed by atoms with Gasteiger partial charge in [0.2, 0.25) is 0 Å². The van der Waals surface area contributed by atoms with Crippen molar-refractivity contribution < 1.29 is 5.48 Å². The summed E-state index contributed by atoms with van der Waals surface area (Å²) in [6, 6.07) is 0. The van der Waals surface area contributed by atoms with Gasteiger partial charge in [0.15, 0.2) is 0 Å². The third-order valence-electron chi connectivity index (χ3n) is 4.13. The maximum absolute atomic E-state index is 7.72. The molecule has 1 fully saturated rings. The van der Waals surface area contributed by atoms with E-state index in [0.29, 0.717) is 51.3 Å². The van der Waals surface area contributed by atoms with Crippen LogP contribution in [0.3, 0.4) is 0 Å². The minimum atomic E-state index is 0.411. The average Bonchev–Trinajstić information content (AvgIpc) is 2.47. The van der Waals surface area contributed by atoms with Crippen LogP contribution in [-0.2, 0) is 0 Å². The van der Waals surface area contributed by atoms with E-state index in [-0.39, 0.29) is 0 Å². The summed E-state index contributed by atoms with van der Waals surface area (Å²) in [6.45, 7) is 1.89. The molecule has 0 aliphatic heterocycles. The smallest absolute Gasteiger partial charge is 0.0233 e. The van der Waals surface area contributed by atoms with Gasteiger partial charge in [0.25, 0.3) is 0 Å². The van der Waals surface area contributed by atoms with Crippen LogP contribution in [0.1, 0.15) is 84.4 Å². The number of rotatable bonds is 0. The molecule has 1 saturated carbocycles. The van der Waals surface area contributed by atoms with Gasteiger partial charge in [-0.2, -0.15) is 0 Å². The predicted molar refractivity (Wildman–Crippen MR) is 73.6 cm³/mol. The molecule has 0 heterocycles. The summed E-state index contributed by atoms with van der Waals surface area (Å²) < 4.78 is 30.9. The fourth-order valence-electron chi connectivity index (χ4n) is 2.57. The molecule has 96 valence electrons. The zero-order valence-electron chi connectivity index (χ0n) is 14.8. The zero-order chi connectivity index (χ0) is 14.8. The molecule has 0 bridgehead atoms. The van der Waals surface area contributed by atoms with Crippen LogP contribution in [0.2, 0.25) is 0 Å². The minimum absolute atomic E-state index is 0.411. The van der Waals surface area contributed by atoms with E-state index in [1.165, 1.54) is 0 Å². The van der Waals surface area contributed by atoms with Crippen LogP contribution < -0.4 is 0 Å². The summed E-state index contributed by atoms with van der Waals surface area (Å²) in [5.41, 5.74) is 0. The Balaban J connectivity index is 2.58. The second kappa shape index (κ2) is 7.35. The molecule has 0 aromatic rings. The minimum Gasteiger partial charge on any atom is -0.0623 e. The molecule has 0 nitrogen and oxygen atoms in total. The highest BCUT2D eigenvalue weighted by atomic mass is 14.2. The van der Waals surface area contributed by atoms with E-state index in [4.69, 9.17) is 5.48 Å². The van der Waals surface area contributed by atoms with Gasteiger partial charge in [-0.15, -0.1) is 0 Å². The van der Waals surface area contributed by atoms with Gasteiger partial charge in [0.1, 0.15) is 0 Å². The lowest BCUT2D eigenvalue weighted by atomic mass is 9.82. The van der Waals surface area contributed by atoms with Gasteiger partial charge in [-0.05, 0) is 23.7 Å². The quantitative estimate of drug-likeness (QED) is 0.501. The average molecular weight is 228 g/mol. The van der Waals surface area contributed by atoms with Crippen molar-refractivity contribution in [2.24, 2.45) is 23.7 Å². The Labute approximate surface area is 109 Å². The van der Waals surface area contributed by atoms with Crippen molar-refractivity contribution in [3.05, 3.63) is 0 Å². The van der Waals surface area contributed by atoms with Gasteiger partial charge in [-0.25, -0.2) is 0 Å². The van der Waals surface area contributed by atoms with Crippen molar-refractivity contribution in [2.75, 3.05) is 0 Å².